The average molecular weight is 337 g/mol. The van der Waals surface area contributed by atoms with Crippen LogP contribution in [0.4, 0.5) is 18.9 Å². The third-order valence-corrected chi connectivity index (χ3v) is 5.14. The van der Waals surface area contributed by atoms with Crippen molar-refractivity contribution in [2.45, 2.75) is 18.6 Å². The highest BCUT2D eigenvalue weighted by molar-refractivity contribution is 7.91. The molecule has 1 atom stereocenters. The van der Waals surface area contributed by atoms with Gasteiger partial charge in [-0.1, -0.05) is 0 Å². The molecule has 1 amide bonds. The highest BCUT2D eigenvalue weighted by atomic mass is 32.2. The summed E-state index contributed by atoms with van der Waals surface area (Å²) in [4.78, 5) is 12.2. The lowest BCUT2D eigenvalue weighted by Crippen LogP contribution is -2.48. The van der Waals surface area contributed by atoms with E-state index in [1.807, 2.05) is 0 Å². The third kappa shape index (κ3) is 3.52. The largest absolute Gasteiger partial charge is 0.497 e. The number of rotatable bonds is 3. The molecule has 0 saturated carbocycles. The summed E-state index contributed by atoms with van der Waals surface area (Å²) < 4.78 is 66.4. The highest BCUT2D eigenvalue weighted by Crippen LogP contribution is 2.30. The number of anilines is 1. The molecule has 1 aliphatic heterocycles. The zero-order chi connectivity index (χ0) is 16.5. The first kappa shape index (κ1) is 16.6. The van der Waals surface area contributed by atoms with Gasteiger partial charge in [0.2, 0.25) is 0 Å². The molecule has 1 fully saturated rings. The van der Waals surface area contributed by atoms with Gasteiger partial charge in [-0.2, -0.15) is 13.2 Å². The second-order valence-corrected chi connectivity index (χ2v) is 7.16. The van der Waals surface area contributed by atoms with E-state index < -0.39 is 33.7 Å². The van der Waals surface area contributed by atoms with Crippen molar-refractivity contribution < 1.29 is 31.1 Å². The summed E-state index contributed by atoms with van der Waals surface area (Å²) >= 11 is 0. The Bertz CT molecular complexity index is 655. The first-order valence-corrected chi connectivity index (χ1v) is 8.21. The lowest BCUT2D eigenvalue weighted by molar-refractivity contribution is -0.170. The van der Waals surface area contributed by atoms with Crippen molar-refractivity contribution in [3.63, 3.8) is 0 Å². The van der Waals surface area contributed by atoms with Gasteiger partial charge in [-0.05, 0) is 30.7 Å². The summed E-state index contributed by atoms with van der Waals surface area (Å²) in [6.07, 6.45) is -5.09. The number of hydrogen-bond donors (Lipinski definition) is 0. The molecular weight excluding hydrogens is 323 g/mol. The van der Waals surface area contributed by atoms with Gasteiger partial charge in [0.15, 0.2) is 9.84 Å². The minimum absolute atomic E-state index is 0.00905. The summed E-state index contributed by atoms with van der Waals surface area (Å²) in [7, 11) is -2.03. The minimum atomic E-state index is -5.08. The normalized spacial score (nSPS) is 20.6. The topological polar surface area (TPSA) is 63.7 Å². The van der Waals surface area contributed by atoms with Crippen LogP contribution in [-0.4, -0.2) is 45.2 Å². The maximum Gasteiger partial charge on any atom is 0.471 e. The first-order chi connectivity index (χ1) is 10.1. The molecule has 122 valence electrons. The minimum Gasteiger partial charge on any atom is -0.497 e. The number of ether oxygens (including phenoxy) is 1. The Kier molecular flexibility index (Phi) is 4.37. The van der Waals surface area contributed by atoms with Crippen LogP contribution in [0.3, 0.4) is 0 Å². The monoisotopic (exact) mass is 337 g/mol. The van der Waals surface area contributed by atoms with Gasteiger partial charge in [-0.25, -0.2) is 8.42 Å². The standard InChI is InChI=1S/C13H14F3NO4S/c1-21-11-4-2-9(3-5-11)17(12(18)13(14,15)16)10-6-7-22(19,20)8-10/h2-5,10H,6-8H2,1H3. The quantitative estimate of drug-likeness (QED) is 0.843. The smallest absolute Gasteiger partial charge is 0.471 e. The van der Waals surface area contributed by atoms with Crippen molar-refractivity contribution in [3.05, 3.63) is 24.3 Å². The molecule has 1 saturated heterocycles. The maximum atomic E-state index is 12.8. The number of methoxy groups -OCH3 is 1. The lowest BCUT2D eigenvalue weighted by Gasteiger charge is -2.29. The van der Waals surface area contributed by atoms with E-state index in [4.69, 9.17) is 4.74 Å². The van der Waals surface area contributed by atoms with Gasteiger partial charge < -0.3 is 9.64 Å². The van der Waals surface area contributed by atoms with E-state index in [9.17, 15) is 26.4 Å². The second kappa shape index (κ2) is 5.79. The average Bonchev–Trinajstić information content (AvgIpc) is 2.79. The zero-order valence-corrected chi connectivity index (χ0v) is 12.4. The van der Waals surface area contributed by atoms with E-state index in [-0.39, 0.29) is 17.9 Å². The van der Waals surface area contributed by atoms with Crippen LogP contribution in [0, 0.1) is 0 Å². The van der Waals surface area contributed by atoms with Crippen molar-refractivity contribution >= 4 is 21.4 Å². The van der Waals surface area contributed by atoms with Crippen LogP contribution in [0.25, 0.3) is 0 Å². The fraction of sp³-hybridized carbons (Fsp3) is 0.462. The van der Waals surface area contributed by atoms with Crippen molar-refractivity contribution in [1.82, 2.24) is 0 Å². The predicted octanol–water partition coefficient (Wildman–Crippen LogP) is 1.78. The number of sulfone groups is 1. The van der Waals surface area contributed by atoms with Crippen LogP contribution in [0.1, 0.15) is 6.42 Å². The van der Waals surface area contributed by atoms with Gasteiger partial charge in [0, 0.05) is 5.69 Å². The Morgan fingerprint density at radius 2 is 1.86 bits per heavy atom. The molecular formula is C13H14F3NO4S. The first-order valence-electron chi connectivity index (χ1n) is 6.39. The van der Waals surface area contributed by atoms with Gasteiger partial charge in [0.1, 0.15) is 5.75 Å². The van der Waals surface area contributed by atoms with Crippen LogP contribution in [-0.2, 0) is 14.6 Å². The maximum absolute atomic E-state index is 12.8. The number of alkyl halides is 3. The van der Waals surface area contributed by atoms with E-state index in [1.165, 1.54) is 31.4 Å². The molecule has 0 aliphatic carbocycles. The molecule has 0 spiro atoms. The van der Waals surface area contributed by atoms with Gasteiger partial charge in [-0.3, -0.25) is 4.79 Å². The molecule has 5 nitrogen and oxygen atoms in total. The molecule has 1 unspecified atom stereocenters. The van der Waals surface area contributed by atoms with Crippen LogP contribution < -0.4 is 9.64 Å². The molecule has 1 aliphatic rings. The molecule has 0 bridgehead atoms. The SMILES string of the molecule is COc1ccc(N(C(=O)C(F)(F)F)C2CCS(=O)(=O)C2)cc1. The van der Waals surface area contributed by atoms with E-state index in [0.717, 1.165) is 0 Å². The predicted molar refractivity (Wildman–Crippen MR) is 73.6 cm³/mol. The molecule has 0 aromatic heterocycles. The number of benzene rings is 1. The Balaban J connectivity index is 2.39. The van der Waals surface area contributed by atoms with Crippen molar-refractivity contribution in [2.24, 2.45) is 0 Å². The molecule has 9 heteroatoms. The van der Waals surface area contributed by atoms with E-state index in [2.05, 4.69) is 0 Å². The second-order valence-electron chi connectivity index (χ2n) is 4.93. The number of carbonyl (C=O) groups is 1. The van der Waals surface area contributed by atoms with Crippen molar-refractivity contribution in [3.8, 4) is 5.75 Å². The summed E-state index contributed by atoms with van der Waals surface area (Å²) in [5.41, 5.74) is -0.00905. The van der Waals surface area contributed by atoms with Crippen LogP contribution in [0.5, 0.6) is 5.75 Å². The molecule has 2 rings (SSSR count). The Morgan fingerprint density at radius 3 is 2.27 bits per heavy atom. The summed E-state index contributed by atoms with van der Waals surface area (Å²) in [6, 6.07) is 4.40. The van der Waals surface area contributed by atoms with Crippen LogP contribution in [0.15, 0.2) is 24.3 Å². The number of carbonyl (C=O) groups excluding carboxylic acids is 1. The molecule has 1 aromatic carbocycles. The van der Waals surface area contributed by atoms with E-state index in [0.29, 0.717) is 10.6 Å². The summed E-state index contributed by atoms with van der Waals surface area (Å²) in [5.74, 6) is -2.35. The van der Waals surface area contributed by atoms with Crippen molar-refractivity contribution in [2.75, 3.05) is 23.5 Å². The Hall–Kier alpha value is -1.77. The fourth-order valence-electron chi connectivity index (χ4n) is 2.35. The molecule has 0 radical (unpaired) electrons. The fourth-order valence-corrected chi connectivity index (χ4v) is 4.05. The van der Waals surface area contributed by atoms with Crippen LogP contribution in [0.2, 0.25) is 0 Å². The van der Waals surface area contributed by atoms with Crippen molar-refractivity contribution in [1.29, 1.82) is 0 Å². The molecule has 1 aromatic rings. The summed E-state index contributed by atoms with van der Waals surface area (Å²) in [5, 5.41) is 0. The van der Waals surface area contributed by atoms with Crippen LogP contribution >= 0.6 is 0 Å². The number of halogens is 3. The lowest BCUT2D eigenvalue weighted by atomic mass is 10.1. The zero-order valence-electron chi connectivity index (χ0n) is 11.6. The van der Waals surface area contributed by atoms with Gasteiger partial charge in [-0.15, -0.1) is 0 Å². The number of nitrogens with zero attached hydrogens (tertiary/aromatic N) is 1. The summed E-state index contributed by atoms with van der Waals surface area (Å²) in [6.45, 7) is 0. The highest BCUT2D eigenvalue weighted by Gasteiger charge is 2.47. The van der Waals surface area contributed by atoms with Gasteiger partial charge >= 0.3 is 12.1 Å². The van der Waals surface area contributed by atoms with E-state index in [1.54, 1.807) is 0 Å². The molecule has 22 heavy (non-hydrogen) atoms. The van der Waals surface area contributed by atoms with Gasteiger partial charge in [0.25, 0.3) is 0 Å². The number of hydrogen-bond acceptors (Lipinski definition) is 4. The molecule has 0 N–H and O–H groups in total. The number of amides is 1. The Morgan fingerprint density at radius 1 is 1.27 bits per heavy atom. The van der Waals surface area contributed by atoms with E-state index >= 15 is 0 Å². The Labute approximate surface area is 125 Å². The third-order valence-electron chi connectivity index (χ3n) is 3.39. The van der Waals surface area contributed by atoms with Gasteiger partial charge in [0.05, 0.1) is 24.7 Å². The molecule has 1 heterocycles.